The van der Waals surface area contributed by atoms with Crippen LogP contribution in [0, 0.1) is 0 Å². The lowest BCUT2D eigenvalue weighted by Gasteiger charge is -2.13. The lowest BCUT2D eigenvalue weighted by atomic mass is 10.1. The van der Waals surface area contributed by atoms with E-state index in [1.165, 1.54) is 12.1 Å². The fraction of sp³-hybridized carbons (Fsp3) is 0.118. The van der Waals surface area contributed by atoms with Gasteiger partial charge in [0.05, 0.1) is 24.2 Å². The van der Waals surface area contributed by atoms with Crippen molar-refractivity contribution in [2.75, 3.05) is 6.61 Å². The summed E-state index contributed by atoms with van der Waals surface area (Å²) in [5, 5.41) is 1.26. The number of carbonyl (C=O) groups excluding carboxylic acids is 3. The summed E-state index contributed by atoms with van der Waals surface area (Å²) in [6, 6.07) is 10.9. The third-order valence-corrected chi connectivity index (χ3v) is 3.80. The molecule has 0 unspecified atom stereocenters. The molecular formula is C17H11Cl2NO5. The van der Waals surface area contributed by atoms with Crippen molar-refractivity contribution in [1.82, 2.24) is 5.06 Å². The Hall–Kier alpha value is -2.57. The van der Waals surface area contributed by atoms with Crippen molar-refractivity contribution in [2.45, 2.75) is 6.42 Å². The van der Waals surface area contributed by atoms with Crippen LogP contribution in [0.3, 0.4) is 0 Å². The SMILES string of the molecule is O=C(CCOc1cc(Cl)cc(Cl)c1)ON1C(=O)c2ccccc2C1=O. The van der Waals surface area contributed by atoms with Gasteiger partial charge in [-0.05, 0) is 30.3 Å². The van der Waals surface area contributed by atoms with Crippen LogP contribution in [0.25, 0.3) is 0 Å². The van der Waals surface area contributed by atoms with Gasteiger partial charge >= 0.3 is 5.97 Å². The van der Waals surface area contributed by atoms with E-state index in [4.69, 9.17) is 32.8 Å². The Labute approximate surface area is 152 Å². The van der Waals surface area contributed by atoms with Crippen molar-refractivity contribution in [3.05, 3.63) is 63.6 Å². The highest BCUT2D eigenvalue weighted by molar-refractivity contribution is 6.34. The number of amides is 2. The fourth-order valence-electron chi connectivity index (χ4n) is 2.26. The Balaban J connectivity index is 1.55. The normalized spacial score (nSPS) is 13.0. The van der Waals surface area contributed by atoms with Gasteiger partial charge in [-0.25, -0.2) is 4.79 Å². The van der Waals surface area contributed by atoms with E-state index < -0.39 is 17.8 Å². The van der Waals surface area contributed by atoms with Crippen molar-refractivity contribution in [1.29, 1.82) is 0 Å². The number of fused-ring (bicyclic) bond motifs is 1. The van der Waals surface area contributed by atoms with Gasteiger partial charge in [0.25, 0.3) is 11.8 Å². The second-order valence-electron chi connectivity index (χ2n) is 5.12. The molecule has 25 heavy (non-hydrogen) atoms. The summed E-state index contributed by atoms with van der Waals surface area (Å²) in [7, 11) is 0. The van der Waals surface area contributed by atoms with E-state index in [2.05, 4.69) is 0 Å². The minimum atomic E-state index is -0.775. The molecule has 0 saturated carbocycles. The molecule has 6 nitrogen and oxygen atoms in total. The van der Waals surface area contributed by atoms with Crippen LogP contribution in [0.4, 0.5) is 0 Å². The molecule has 2 aromatic rings. The molecule has 0 fully saturated rings. The molecule has 2 aromatic carbocycles. The second-order valence-corrected chi connectivity index (χ2v) is 5.99. The number of hydroxylamine groups is 2. The first-order chi connectivity index (χ1) is 12.0. The summed E-state index contributed by atoms with van der Waals surface area (Å²) in [5.74, 6) is -1.72. The van der Waals surface area contributed by atoms with Crippen LogP contribution in [-0.4, -0.2) is 29.5 Å². The number of imide groups is 1. The first kappa shape index (κ1) is 17.3. The number of nitrogens with zero attached hydrogens (tertiary/aromatic N) is 1. The molecule has 8 heteroatoms. The van der Waals surface area contributed by atoms with Gasteiger partial charge < -0.3 is 9.57 Å². The highest BCUT2D eigenvalue weighted by atomic mass is 35.5. The van der Waals surface area contributed by atoms with Crippen LogP contribution in [-0.2, 0) is 9.63 Å². The maximum atomic E-state index is 12.1. The number of hydrogen-bond donors (Lipinski definition) is 0. The molecule has 0 spiro atoms. The Morgan fingerprint density at radius 2 is 1.52 bits per heavy atom. The van der Waals surface area contributed by atoms with E-state index in [9.17, 15) is 14.4 Å². The lowest BCUT2D eigenvalue weighted by Crippen LogP contribution is -2.33. The first-order valence-corrected chi connectivity index (χ1v) is 7.99. The monoisotopic (exact) mass is 379 g/mol. The van der Waals surface area contributed by atoms with Gasteiger partial charge in [0.2, 0.25) is 0 Å². The highest BCUT2D eigenvalue weighted by Gasteiger charge is 2.38. The number of hydrogen-bond acceptors (Lipinski definition) is 5. The average Bonchev–Trinajstić information content (AvgIpc) is 2.79. The van der Waals surface area contributed by atoms with E-state index >= 15 is 0 Å². The third kappa shape index (κ3) is 3.75. The second kappa shape index (κ2) is 7.13. The largest absolute Gasteiger partial charge is 0.493 e. The number of rotatable bonds is 5. The van der Waals surface area contributed by atoms with Crippen LogP contribution in [0.1, 0.15) is 27.1 Å². The zero-order valence-electron chi connectivity index (χ0n) is 12.7. The standard InChI is InChI=1S/C17H11Cl2NO5/c18-10-7-11(19)9-12(8-10)24-6-5-15(21)25-20-16(22)13-3-1-2-4-14(13)17(20)23/h1-4,7-9H,5-6H2. The smallest absolute Gasteiger partial charge is 0.336 e. The van der Waals surface area contributed by atoms with Crippen molar-refractivity contribution in [3.8, 4) is 5.75 Å². The Bertz CT molecular complexity index is 813. The molecule has 0 atom stereocenters. The van der Waals surface area contributed by atoms with Gasteiger partial charge in [0.15, 0.2) is 0 Å². The summed E-state index contributed by atoms with van der Waals surface area (Å²) in [4.78, 5) is 40.9. The molecule has 3 rings (SSSR count). The first-order valence-electron chi connectivity index (χ1n) is 7.23. The van der Waals surface area contributed by atoms with E-state index in [0.717, 1.165) is 0 Å². The van der Waals surface area contributed by atoms with Gasteiger partial charge in [0.1, 0.15) is 5.75 Å². The molecular weight excluding hydrogens is 369 g/mol. The Kier molecular flexibility index (Phi) is 4.92. The summed E-state index contributed by atoms with van der Waals surface area (Å²) in [5.41, 5.74) is 0.398. The van der Waals surface area contributed by atoms with Crippen molar-refractivity contribution in [2.24, 2.45) is 0 Å². The van der Waals surface area contributed by atoms with Crippen LogP contribution in [0.15, 0.2) is 42.5 Å². The molecule has 1 heterocycles. The van der Waals surface area contributed by atoms with E-state index in [1.54, 1.807) is 30.3 Å². The van der Waals surface area contributed by atoms with E-state index in [-0.39, 0.29) is 24.2 Å². The maximum absolute atomic E-state index is 12.1. The molecule has 128 valence electrons. The maximum Gasteiger partial charge on any atom is 0.336 e. The Morgan fingerprint density at radius 3 is 2.08 bits per heavy atom. The molecule has 1 aliphatic rings. The lowest BCUT2D eigenvalue weighted by molar-refractivity contribution is -0.169. The fourth-order valence-corrected chi connectivity index (χ4v) is 2.77. The van der Waals surface area contributed by atoms with Gasteiger partial charge in [-0.1, -0.05) is 40.4 Å². The van der Waals surface area contributed by atoms with E-state index in [1.807, 2.05) is 0 Å². The molecule has 1 aliphatic heterocycles. The predicted octanol–water partition coefficient (Wildman–Crippen LogP) is 3.52. The van der Waals surface area contributed by atoms with Gasteiger partial charge in [-0.15, -0.1) is 0 Å². The summed E-state index contributed by atoms with van der Waals surface area (Å²) < 4.78 is 5.36. The third-order valence-electron chi connectivity index (χ3n) is 3.36. The molecule has 0 saturated heterocycles. The topological polar surface area (TPSA) is 72.9 Å². The van der Waals surface area contributed by atoms with E-state index in [0.29, 0.717) is 20.9 Å². The summed E-state index contributed by atoms with van der Waals surface area (Å²) in [6.07, 6.45) is -0.169. The predicted molar refractivity (Wildman–Crippen MR) is 89.6 cm³/mol. The minimum absolute atomic E-state index is 0.0291. The molecule has 2 amide bonds. The number of benzene rings is 2. The molecule has 0 aromatic heterocycles. The number of carbonyl (C=O) groups is 3. The minimum Gasteiger partial charge on any atom is -0.493 e. The quantitative estimate of drug-likeness (QED) is 0.743. The van der Waals surface area contributed by atoms with Crippen molar-refractivity contribution >= 4 is 41.0 Å². The Morgan fingerprint density at radius 1 is 0.960 bits per heavy atom. The van der Waals surface area contributed by atoms with Gasteiger partial charge in [0, 0.05) is 10.0 Å². The number of ether oxygens (including phenoxy) is 1. The molecule has 0 bridgehead atoms. The van der Waals surface area contributed by atoms with Crippen LogP contribution in [0.5, 0.6) is 5.75 Å². The van der Waals surface area contributed by atoms with Crippen LogP contribution in [0.2, 0.25) is 10.0 Å². The average molecular weight is 380 g/mol. The summed E-state index contributed by atoms with van der Waals surface area (Å²) in [6.45, 7) is -0.0291. The van der Waals surface area contributed by atoms with Crippen molar-refractivity contribution < 1.29 is 24.0 Å². The number of halogens is 2. The summed E-state index contributed by atoms with van der Waals surface area (Å²) >= 11 is 11.7. The van der Waals surface area contributed by atoms with Gasteiger partial charge in [-0.3, -0.25) is 9.59 Å². The zero-order chi connectivity index (χ0) is 18.0. The molecule has 0 N–H and O–H groups in total. The highest BCUT2D eigenvalue weighted by Crippen LogP contribution is 2.25. The van der Waals surface area contributed by atoms with Crippen LogP contribution >= 0.6 is 23.2 Å². The zero-order valence-corrected chi connectivity index (χ0v) is 14.2. The van der Waals surface area contributed by atoms with Crippen molar-refractivity contribution in [3.63, 3.8) is 0 Å². The van der Waals surface area contributed by atoms with Gasteiger partial charge in [-0.2, -0.15) is 0 Å². The molecule has 0 aliphatic carbocycles. The molecule has 0 radical (unpaired) electrons. The van der Waals surface area contributed by atoms with Crippen LogP contribution < -0.4 is 4.74 Å².